The highest BCUT2D eigenvalue weighted by Gasteiger charge is 2.09. The van der Waals surface area contributed by atoms with Crippen molar-refractivity contribution in [1.82, 2.24) is 9.97 Å². The fourth-order valence-electron chi connectivity index (χ4n) is 2.06. The number of aromatic nitrogens is 2. The number of esters is 1. The van der Waals surface area contributed by atoms with E-state index in [9.17, 15) is 9.18 Å². The van der Waals surface area contributed by atoms with Crippen LogP contribution >= 0.6 is 0 Å². The summed E-state index contributed by atoms with van der Waals surface area (Å²) in [4.78, 5) is 20.2. The molecule has 0 amide bonds. The van der Waals surface area contributed by atoms with Crippen LogP contribution in [0.15, 0.2) is 60.9 Å². The Morgan fingerprint density at radius 2 is 1.88 bits per heavy atom. The van der Waals surface area contributed by atoms with E-state index >= 15 is 0 Å². The average Bonchev–Trinajstić information content (AvgIpc) is 2.56. The molecule has 2 aromatic carbocycles. The number of benzene rings is 2. The lowest BCUT2D eigenvalue weighted by molar-refractivity contribution is 0.0735. The Morgan fingerprint density at radius 3 is 2.62 bits per heavy atom. The number of hydrogen-bond acceptors (Lipinski definition) is 5. The summed E-state index contributed by atoms with van der Waals surface area (Å²) >= 11 is 0. The lowest BCUT2D eigenvalue weighted by Gasteiger charge is -2.08. The van der Waals surface area contributed by atoms with Gasteiger partial charge >= 0.3 is 5.97 Å². The van der Waals surface area contributed by atoms with Crippen LogP contribution in [0.4, 0.5) is 15.9 Å². The number of rotatable bonds is 4. The zero-order chi connectivity index (χ0) is 16.9. The number of carbonyl (C=O) groups excluding carboxylic acids is 1. The second kappa shape index (κ2) is 6.87. The normalized spacial score (nSPS) is 10.2. The van der Waals surface area contributed by atoms with Gasteiger partial charge in [-0.15, -0.1) is 0 Å². The number of nitrogens with one attached hydrogen (secondary N) is 1. The number of hydrogen-bond donors (Lipinski definition) is 1. The van der Waals surface area contributed by atoms with Gasteiger partial charge < -0.3 is 10.1 Å². The quantitative estimate of drug-likeness (QED) is 0.583. The van der Waals surface area contributed by atoms with Gasteiger partial charge in [-0.2, -0.15) is 0 Å². The van der Waals surface area contributed by atoms with Gasteiger partial charge in [0.1, 0.15) is 23.7 Å². The summed E-state index contributed by atoms with van der Waals surface area (Å²) in [5.41, 5.74) is 1.84. The minimum atomic E-state index is -0.551. The molecule has 3 aromatic rings. The Hall–Kier alpha value is -3.28. The van der Waals surface area contributed by atoms with Crippen LogP contribution in [0.2, 0.25) is 0 Å². The monoisotopic (exact) mass is 323 g/mol. The average molecular weight is 323 g/mol. The van der Waals surface area contributed by atoms with Crippen molar-refractivity contribution in [2.24, 2.45) is 0 Å². The van der Waals surface area contributed by atoms with Crippen LogP contribution in [0.1, 0.15) is 16.1 Å². The Kier molecular flexibility index (Phi) is 4.47. The zero-order valence-corrected chi connectivity index (χ0v) is 12.9. The first kappa shape index (κ1) is 15.6. The summed E-state index contributed by atoms with van der Waals surface area (Å²) in [7, 11) is 0. The predicted octanol–water partition coefficient (Wildman–Crippen LogP) is 3.89. The molecule has 0 spiro atoms. The fourth-order valence-corrected chi connectivity index (χ4v) is 2.06. The van der Waals surface area contributed by atoms with Gasteiger partial charge in [0.2, 0.25) is 0 Å². The third kappa shape index (κ3) is 3.92. The molecule has 0 aliphatic heterocycles. The molecule has 0 bridgehead atoms. The van der Waals surface area contributed by atoms with Crippen LogP contribution in [0.3, 0.4) is 0 Å². The topological polar surface area (TPSA) is 64.1 Å². The first-order valence-corrected chi connectivity index (χ1v) is 7.24. The van der Waals surface area contributed by atoms with Crippen molar-refractivity contribution in [1.29, 1.82) is 0 Å². The van der Waals surface area contributed by atoms with Crippen molar-refractivity contribution in [3.05, 3.63) is 78.0 Å². The van der Waals surface area contributed by atoms with Crippen molar-refractivity contribution in [2.75, 3.05) is 5.32 Å². The highest BCUT2D eigenvalue weighted by Crippen LogP contribution is 2.21. The number of halogens is 1. The molecule has 0 saturated carbocycles. The van der Waals surface area contributed by atoms with Gasteiger partial charge in [-0.25, -0.2) is 19.2 Å². The number of anilines is 2. The van der Waals surface area contributed by atoms with Gasteiger partial charge in [0, 0.05) is 23.5 Å². The minimum Gasteiger partial charge on any atom is -0.423 e. The smallest absolute Gasteiger partial charge is 0.343 e. The van der Waals surface area contributed by atoms with Crippen molar-refractivity contribution < 1.29 is 13.9 Å². The van der Waals surface area contributed by atoms with E-state index in [-0.39, 0.29) is 5.56 Å². The largest absolute Gasteiger partial charge is 0.423 e. The van der Waals surface area contributed by atoms with Crippen LogP contribution in [0, 0.1) is 12.7 Å². The van der Waals surface area contributed by atoms with Gasteiger partial charge in [0.15, 0.2) is 0 Å². The summed E-state index contributed by atoms with van der Waals surface area (Å²) in [6, 6.07) is 13.9. The summed E-state index contributed by atoms with van der Waals surface area (Å²) in [5.74, 6) is 0.0625. The zero-order valence-electron chi connectivity index (χ0n) is 12.9. The fraction of sp³-hybridized carbons (Fsp3) is 0.0556. The molecule has 6 heteroatoms. The van der Waals surface area contributed by atoms with Crippen molar-refractivity contribution >= 4 is 17.5 Å². The van der Waals surface area contributed by atoms with E-state index < -0.39 is 11.8 Å². The predicted molar refractivity (Wildman–Crippen MR) is 87.9 cm³/mol. The molecular formula is C18H14FN3O2. The number of aryl methyl sites for hydroxylation is 1. The van der Waals surface area contributed by atoms with E-state index in [1.54, 1.807) is 24.3 Å². The van der Waals surface area contributed by atoms with Gasteiger partial charge in [-0.3, -0.25) is 0 Å². The molecule has 0 atom stereocenters. The van der Waals surface area contributed by atoms with Crippen LogP contribution < -0.4 is 10.1 Å². The van der Waals surface area contributed by atoms with Crippen molar-refractivity contribution in [3.63, 3.8) is 0 Å². The van der Waals surface area contributed by atoms with E-state index in [1.165, 1.54) is 30.6 Å². The van der Waals surface area contributed by atoms with E-state index in [0.717, 1.165) is 11.4 Å². The third-order valence-corrected chi connectivity index (χ3v) is 3.20. The lowest BCUT2D eigenvalue weighted by atomic mass is 10.2. The molecule has 24 heavy (non-hydrogen) atoms. The second-order valence-corrected chi connectivity index (χ2v) is 5.09. The molecule has 0 fully saturated rings. The van der Waals surface area contributed by atoms with Crippen LogP contribution in [0.5, 0.6) is 5.75 Å². The summed E-state index contributed by atoms with van der Waals surface area (Å²) in [5, 5.41) is 3.11. The Bertz CT molecular complexity index is 866. The molecule has 5 nitrogen and oxygen atoms in total. The number of carbonyl (C=O) groups is 1. The van der Waals surface area contributed by atoms with E-state index in [0.29, 0.717) is 11.6 Å². The summed E-state index contributed by atoms with van der Waals surface area (Å²) in [6.07, 6.45) is 1.47. The number of ether oxygens (including phenoxy) is 1. The third-order valence-electron chi connectivity index (χ3n) is 3.20. The molecule has 1 N–H and O–H groups in total. The Morgan fingerprint density at radius 1 is 1.08 bits per heavy atom. The number of nitrogens with zero attached hydrogens (tertiary/aromatic N) is 2. The van der Waals surface area contributed by atoms with Crippen molar-refractivity contribution in [2.45, 2.75) is 6.92 Å². The van der Waals surface area contributed by atoms with Gasteiger partial charge in [0.25, 0.3) is 0 Å². The molecule has 0 saturated heterocycles. The molecular weight excluding hydrogens is 309 g/mol. The maximum atomic E-state index is 12.9. The van der Waals surface area contributed by atoms with E-state index in [2.05, 4.69) is 15.3 Å². The standard InChI is InChI=1S/C18H14FN3O2/c1-12-9-17(21-11-20-12)22-15-3-2-4-16(10-15)24-18(23)13-5-7-14(19)8-6-13/h2-11H,1H3,(H,20,21,22). The maximum Gasteiger partial charge on any atom is 0.343 e. The minimum absolute atomic E-state index is 0.279. The molecule has 0 radical (unpaired) electrons. The first-order chi connectivity index (χ1) is 11.6. The van der Waals surface area contributed by atoms with E-state index in [4.69, 9.17) is 4.74 Å². The van der Waals surface area contributed by atoms with Gasteiger partial charge in [0.05, 0.1) is 5.56 Å². The molecule has 0 unspecified atom stereocenters. The Labute approximate surface area is 138 Å². The van der Waals surface area contributed by atoms with Crippen LogP contribution in [-0.4, -0.2) is 15.9 Å². The van der Waals surface area contributed by atoms with Crippen LogP contribution in [-0.2, 0) is 0 Å². The molecule has 0 aliphatic carbocycles. The first-order valence-electron chi connectivity index (χ1n) is 7.24. The Balaban J connectivity index is 1.73. The summed E-state index contributed by atoms with van der Waals surface area (Å²) < 4.78 is 18.2. The second-order valence-electron chi connectivity index (χ2n) is 5.09. The lowest BCUT2D eigenvalue weighted by Crippen LogP contribution is -2.08. The molecule has 120 valence electrons. The SMILES string of the molecule is Cc1cc(Nc2cccc(OC(=O)c3ccc(F)cc3)c2)ncn1. The van der Waals surface area contributed by atoms with Gasteiger partial charge in [-0.05, 0) is 43.3 Å². The maximum absolute atomic E-state index is 12.9. The molecule has 0 aliphatic rings. The highest BCUT2D eigenvalue weighted by atomic mass is 19.1. The van der Waals surface area contributed by atoms with Crippen molar-refractivity contribution in [3.8, 4) is 5.75 Å². The molecule has 3 rings (SSSR count). The van der Waals surface area contributed by atoms with Gasteiger partial charge in [-0.1, -0.05) is 6.07 Å². The molecule has 1 aromatic heterocycles. The molecule has 1 heterocycles. The van der Waals surface area contributed by atoms with E-state index in [1.807, 2.05) is 13.0 Å². The van der Waals surface area contributed by atoms with Crippen LogP contribution in [0.25, 0.3) is 0 Å². The summed E-state index contributed by atoms with van der Waals surface area (Å²) in [6.45, 7) is 1.87. The highest BCUT2D eigenvalue weighted by molar-refractivity contribution is 5.91.